The first-order chi connectivity index (χ1) is 11.7. The second kappa shape index (κ2) is 7.27. The minimum atomic E-state index is -0.502. The van der Waals surface area contributed by atoms with Gasteiger partial charge in [0.15, 0.2) is 11.5 Å². The second-order valence-corrected chi connectivity index (χ2v) is 5.48. The van der Waals surface area contributed by atoms with E-state index in [2.05, 4.69) is 15.3 Å². The van der Waals surface area contributed by atoms with Crippen molar-refractivity contribution in [2.45, 2.75) is 13.5 Å². The zero-order chi connectivity index (χ0) is 16.9. The van der Waals surface area contributed by atoms with Gasteiger partial charge in [-0.05, 0) is 30.7 Å². The van der Waals surface area contributed by atoms with Crippen LogP contribution in [0.5, 0.6) is 0 Å². The van der Waals surface area contributed by atoms with Crippen molar-refractivity contribution < 1.29 is 9.53 Å². The molecular weight excluding hydrogens is 326 g/mol. The number of aromatic nitrogens is 2. The fourth-order valence-corrected chi connectivity index (χ4v) is 2.49. The van der Waals surface area contributed by atoms with Crippen LogP contribution in [0, 0.1) is 0 Å². The van der Waals surface area contributed by atoms with Gasteiger partial charge >= 0.3 is 5.97 Å². The molecule has 0 bridgehead atoms. The Balaban J connectivity index is 1.96. The Labute approximate surface area is 144 Å². The molecule has 0 amide bonds. The van der Waals surface area contributed by atoms with Gasteiger partial charge in [0.05, 0.1) is 17.6 Å². The van der Waals surface area contributed by atoms with E-state index in [4.69, 9.17) is 16.3 Å². The molecule has 1 heterocycles. The fourth-order valence-electron chi connectivity index (χ4n) is 2.29. The smallest absolute Gasteiger partial charge is 0.360 e. The van der Waals surface area contributed by atoms with Crippen molar-refractivity contribution in [3.05, 3.63) is 64.8 Å². The lowest BCUT2D eigenvalue weighted by molar-refractivity contribution is 0.0521. The summed E-state index contributed by atoms with van der Waals surface area (Å²) in [6.07, 6.45) is 0. The van der Waals surface area contributed by atoms with Crippen LogP contribution < -0.4 is 5.32 Å². The standard InChI is InChI=1S/C18H16ClN3O2/c1-2-24-18(23)16-17(20-11-12-7-3-4-8-13(12)19)22-15-10-6-5-9-14(15)21-16/h3-10H,2,11H2,1H3,(H,20,22). The third kappa shape index (κ3) is 3.46. The molecule has 2 aromatic carbocycles. The first kappa shape index (κ1) is 16.2. The number of hydrogen-bond acceptors (Lipinski definition) is 5. The molecule has 0 atom stereocenters. The minimum Gasteiger partial charge on any atom is -0.461 e. The molecule has 1 aromatic heterocycles. The van der Waals surface area contributed by atoms with Crippen LogP contribution in [-0.2, 0) is 11.3 Å². The second-order valence-electron chi connectivity index (χ2n) is 5.07. The average Bonchev–Trinajstić information content (AvgIpc) is 2.60. The normalized spacial score (nSPS) is 10.6. The summed E-state index contributed by atoms with van der Waals surface area (Å²) in [6.45, 7) is 2.46. The zero-order valence-corrected chi connectivity index (χ0v) is 13.9. The highest BCUT2D eigenvalue weighted by atomic mass is 35.5. The van der Waals surface area contributed by atoms with Gasteiger partial charge in [0.1, 0.15) is 0 Å². The molecule has 3 rings (SSSR count). The highest BCUT2D eigenvalue weighted by Crippen LogP contribution is 2.20. The summed E-state index contributed by atoms with van der Waals surface area (Å²) in [4.78, 5) is 21.1. The molecule has 6 heteroatoms. The molecule has 0 saturated heterocycles. The Kier molecular flexibility index (Phi) is 4.91. The minimum absolute atomic E-state index is 0.169. The molecule has 1 N–H and O–H groups in total. The van der Waals surface area contributed by atoms with Crippen LogP contribution in [0.1, 0.15) is 23.0 Å². The molecule has 0 spiro atoms. The molecule has 0 radical (unpaired) electrons. The Hall–Kier alpha value is -2.66. The lowest BCUT2D eigenvalue weighted by atomic mass is 10.2. The topological polar surface area (TPSA) is 64.1 Å². The Morgan fingerprint density at radius 1 is 1.08 bits per heavy atom. The number of nitrogens with one attached hydrogen (secondary N) is 1. The maximum absolute atomic E-state index is 12.2. The van der Waals surface area contributed by atoms with Gasteiger partial charge in [-0.3, -0.25) is 0 Å². The molecule has 0 aliphatic carbocycles. The number of fused-ring (bicyclic) bond motifs is 1. The number of halogens is 1. The van der Waals surface area contributed by atoms with E-state index in [9.17, 15) is 4.79 Å². The van der Waals surface area contributed by atoms with Crippen molar-refractivity contribution in [1.29, 1.82) is 0 Å². The molecule has 24 heavy (non-hydrogen) atoms. The summed E-state index contributed by atoms with van der Waals surface area (Å²) in [5, 5.41) is 3.79. The molecule has 0 fully saturated rings. The van der Waals surface area contributed by atoms with Gasteiger partial charge in [0, 0.05) is 11.6 Å². The van der Waals surface area contributed by atoms with Crippen molar-refractivity contribution in [2.24, 2.45) is 0 Å². The number of nitrogens with zero attached hydrogens (tertiary/aromatic N) is 2. The first-order valence-electron chi connectivity index (χ1n) is 7.60. The van der Waals surface area contributed by atoms with Gasteiger partial charge in [-0.25, -0.2) is 14.8 Å². The quantitative estimate of drug-likeness (QED) is 0.709. The van der Waals surface area contributed by atoms with Crippen LogP contribution in [0.4, 0.5) is 5.82 Å². The van der Waals surface area contributed by atoms with Crippen LogP contribution in [0.2, 0.25) is 5.02 Å². The number of carbonyl (C=O) groups is 1. The molecule has 0 aliphatic rings. The molecule has 3 aromatic rings. The van der Waals surface area contributed by atoms with E-state index >= 15 is 0 Å². The average molecular weight is 342 g/mol. The van der Waals surface area contributed by atoms with Gasteiger partial charge in [-0.15, -0.1) is 0 Å². The number of benzene rings is 2. The number of anilines is 1. The SMILES string of the molecule is CCOC(=O)c1nc2ccccc2nc1NCc1ccccc1Cl. The molecule has 0 unspecified atom stereocenters. The fraction of sp³-hybridized carbons (Fsp3) is 0.167. The number of para-hydroxylation sites is 2. The highest BCUT2D eigenvalue weighted by molar-refractivity contribution is 6.31. The zero-order valence-electron chi connectivity index (χ0n) is 13.1. The van der Waals surface area contributed by atoms with Gasteiger partial charge in [-0.1, -0.05) is 41.9 Å². The number of rotatable bonds is 5. The van der Waals surface area contributed by atoms with Crippen molar-refractivity contribution in [3.8, 4) is 0 Å². The Bertz CT molecular complexity index is 883. The van der Waals surface area contributed by atoms with Gasteiger partial charge in [-0.2, -0.15) is 0 Å². The number of esters is 1. The Morgan fingerprint density at radius 2 is 1.75 bits per heavy atom. The summed E-state index contributed by atoms with van der Waals surface area (Å²) >= 11 is 6.17. The van der Waals surface area contributed by atoms with E-state index in [-0.39, 0.29) is 12.3 Å². The number of hydrogen-bond donors (Lipinski definition) is 1. The van der Waals surface area contributed by atoms with Gasteiger partial charge in [0.2, 0.25) is 0 Å². The first-order valence-corrected chi connectivity index (χ1v) is 7.98. The van der Waals surface area contributed by atoms with Crippen LogP contribution in [0.3, 0.4) is 0 Å². The monoisotopic (exact) mass is 341 g/mol. The largest absolute Gasteiger partial charge is 0.461 e. The lowest BCUT2D eigenvalue weighted by Gasteiger charge is -2.12. The van der Waals surface area contributed by atoms with Crippen LogP contribution in [-0.4, -0.2) is 22.5 Å². The summed E-state index contributed by atoms with van der Waals surface area (Å²) in [7, 11) is 0. The van der Waals surface area contributed by atoms with E-state index in [1.54, 1.807) is 6.92 Å². The van der Waals surface area contributed by atoms with Crippen molar-refractivity contribution in [2.75, 3.05) is 11.9 Å². The van der Waals surface area contributed by atoms with Gasteiger partial charge < -0.3 is 10.1 Å². The van der Waals surface area contributed by atoms with E-state index in [0.717, 1.165) is 5.56 Å². The highest BCUT2D eigenvalue weighted by Gasteiger charge is 2.17. The van der Waals surface area contributed by atoms with E-state index in [0.29, 0.717) is 28.4 Å². The van der Waals surface area contributed by atoms with E-state index in [1.165, 1.54) is 0 Å². The molecule has 122 valence electrons. The summed E-state index contributed by atoms with van der Waals surface area (Å²) < 4.78 is 5.09. The molecule has 0 aliphatic heterocycles. The predicted octanol–water partition coefficient (Wildman–Crippen LogP) is 4.07. The van der Waals surface area contributed by atoms with Crippen LogP contribution >= 0.6 is 11.6 Å². The molecule has 5 nitrogen and oxygen atoms in total. The van der Waals surface area contributed by atoms with Crippen molar-refractivity contribution >= 4 is 34.4 Å². The third-order valence-electron chi connectivity index (χ3n) is 3.44. The number of ether oxygens (including phenoxy) is 1. The molecule has 0 saturated carbocycles. The maximum Gasteiger partial charge on any atom is 0.360 e. The maximum atomic E-state index is 12.2. The van der Waals surface area contributed by atoms with Crippen molar-refractivity contribution in [3.63, 3.8) is 0 Å². The third-order valence-corrected chi connectivity index (χ3v) is 3.81. The Morgan fingerprint density at radius 3 is 2.46 bits per heavy atom. The summed E-state index contributed by atoms with van der Waals surface area (Å²) in [6, 6.07) is 14.9. The van der Waals surface area contributed by atoms with Crippen LogP contribution in [0.15, 0.2) is 48.5 Å². The van der Waals surface area contributed by atoms with E-state index < -0.39 is 5.97 Å². The summed E-state index contributed by atoms with van der Waals surface area (Å²) in [5.41, 5.74) is 2.42. The number of carbonyl (C=O) groups excluding carboxylic acids is 1. The van der Waals surface area contributed by atoms with Crippen LogP contribution in [0.25, 0.3) is 11.0 Å². The van der Waals surface area contributed by atoms with Gasteiger partial charge in [0.25, 0.3) is 0 Å². The lowest BCUT2D eigenvalue weighted by Crippen LogP contribution is -2.14. The van der Waals surface area contributed by atoms with E-state index in [1.807, 2.05) is 48.5 Å². The summed E-state index contributed by atoms with van der Waals surface area (Å²) in [5.74, 6) is -0.121. The predicted molar refractivity (Wildman–Crippen MR) is 94.3 cm³/mol. The van der Waals surface area contributed by atoms with Crippen molar-refractivity contribution in [1.82, 2.24) is 9.97 Å². The molecular formula is C18H16ClN3O2.